The summed E-state index contributed by atoms with van der Waals surface area (Å²) in [6.45, 7) is 2.26. The Hall–Kier alpha value is 0.507. The van der Waals surface area contributed by atoms with Crippen LogP contribution in [0.4, 0.5) is 0 Å². The van der Waals surface area contributed by atoms with E-state index in [9.17, 15) is 0 Å². The van der Waals surface area contributed by atoms with E-state index in [1.165, 1.54) is 12.5 Å². The van der Waals surface area contributed by atoms with Gasteiger partial charge in [0, 0.05) is 15.4 Å². The molecule has 0 bridgehead atoms. The van der Waals surface area contributed by atoms with Crippen LogP contribution in [0.2, 0.25) is 12.6 Å². The third-order valence-corrected chi connectivity index (χ3v) is 1.88. The minimum atomic E-state index is 0.699. The van der Waals surface area contributed by atoms with E-state index in [-0.39, 0.29) is 0 Å². The lowest BCUT2D eigenvalue weighted by Gasteiger charge is -1.83. The highest BCUT2D eigenvalue weighted by atomic mass is 35.5. The molecule has 0 aliphatic heterocycles. The highest BCUT2D eigenvalue weighted by Gasteiger charge is 1.77. The van der Waals surface area contributed by atoms with Crippen molar-refractivity contribution < 1.29 is 0 Å². The van der Waals surface area contributed by atoms with Gasteiger partial charge in [0.2, 0.25) is 0 Å². The Balaban J connectivity index is 2.34. The summed E-state index contributed by atoms with van der Waals surface area (Å²) in [5.74, 6) is 0.848. The van der Waals surface area contributed by atoms with E-state index in [0.29, 0.717) is 9.52 Å². The normalized spacial score (nSPS) is 9.00. The largest absolute Gasteiger partial charge is 0.127 e. The lowest BCUT2D eigenvalue weighted by Crippen LogP contribution is -1.79. The first-order valence-corrected chi connectivity index (χ1v) is 4.76. The Bertz CT molecular complexity index is 19.5. The van der Waals surface area contributed by atoms with E-state index in [2.05, 4.69) is 6.55 Å². The van der Waals surface area contributed by atoms with Gasteiger partial charge in [0.25, 0.3) is 0 Å². The summed E-state index contributed by atoms with van der Waals surface area (Å²) < 4.78 is 0. The van der Waals surface area contributed by atoms with Gasteiger partial charge in [-0.2, -0.15) is 0 Å². The zero-order valence-corrected chi connectivity index (χ0v) is 5.99. The summed E-state index contributed by atoms with van der Waals surface area (Å²) in [6, 6.07) is 1.36. The Kier molecular flexibility index (Phi) is 5.97. The highest BCUT2D eigenvalue weighted by molar-refractivity contribution is 6.33. The van der Waals surface area contributed by atoms with Crippen LogP contribution in [0.3, 0.4) is 0 Å². The second-order valence-electron chi connectivity index (χ2n) is 1.24. The SMILES string of the molecule is C[SiH]CCCCl. The van der Waals surface area contributed by atoms with Gasteiger partial charge in [-0.05, 0) is 6.42 Å². The second kappa shape index (κ2) is 5.51. The number of halogens is 1. The van der Waals surface area contributed by atoms with Gasteiger partial charge >= 0.3 is 0 Å². The second-order valence-corrected chi connectivity index (χ2v) is 3.01. The van der Waals surface area contributed by atoms with Crippen LogP contribution in [-0.2, 0) is 0 Å². The zero-order valence-electron chi connectivity index (χ0n) is 4.08. The molecule has 0 N–H and O–H groups in total. The van der Waals surface area contributed by atoms with E-state index in [1.54, 1.807) is 0 Å². The van der Waals surface area contributed by atoms with Crippen LogP contribution in [0.1, 0.15) is 6.42 Å². The summed E-state index contributed by atoms with van der Waals surface area (Å²) >= 11 is 5.39. The summed E-state index contributed by atoms with van der Waals surface area (Å²) in [5, 5.41) is 0. The van der Waals surface area contributed by atoms with Gasteiger partial charge in [0.05, 0.1) is 0 Å². The first-order chi connectivity index (χ1) is 2.91. The average molecular weight is 122 g/mol. The molecule has 0 saturated carbocycles. The van der Waals surface area contributed by atoms with Crippen LogP contribution in [0, 0.1) is 0 Å². The van der Waals surface area contributed by atoms with E-state index in [4.69, 9.17) is 11.6 Å². The summed E-state index contributed by atoms with van der Waals surface area (Å²) in [4.78, 5) is 0. The average Bonchev–Trinajstić information content (AvgIpc) is 1.61. The molecule has 0 unspecified atom stereocenters. The van der Waals surface area contributed by atoms with Crippen molar-refractivity contribution in [1.29, 1.82) is 0 Å². The fourth-order valence-electron chi connectivity index (χ4n) is 0.281. The van der Waals surface area contributed by atoms with Gasteiger partial charge in [-0.15, -0.1) is 11.6 Å². The van der Waals surface area contributed by atoms with Gasteiger partial charge in [-0.25, -0.2) is 0 Å². The zero-order chi connectivity index (χ0) is 4.83. The predicted octanol–water partition coefficient (Wildman–Crippen LogP) is 1.52. The monoisotopic (exact) mass is 121 g/mol. The molecule has 0 aromatic heterocycles. The molecule has 0 saturated heterocycles. The fraction of sp³-hybridized carbons (Fsp3) is 1.00. The summed E-state index contributed by atoms with van der Waals surface area (Å²) in [6.07, 6.45) is 1.22. The van der Waals surface area contributed by atoms with Crippen molar-refractivity contribution in [1.82, 2.24) is 0 Å². The third kappa shape index (κ3) is 4.51. The van der Waals surface area contributed by atoms with Crippen LogP contribution < -0.4 is 0 Å². The van der Waals surface area contributed by atoms with Crippen molar-refractivity contribution in [2.45, 2.75) is 19.0 Å². The van der Waals surface area contributed by atoms with E-state index < -0.39 is 0 Å². The van der Waals surface area contributed by atoms with E-state index in [1.807, 2.05) is 0 Å². The molecule has 0 spiro atoms. The molecule has 0 amide bonds. The van der Waals surface area contributed by atoms with Crippen molar-refractivity contribution in [2.75, 3.05) is 5.88 Å². The number of hydrogen-bond acceptors (Lipinski definition) is 0. The molecular weight excluding hydrogens is 112 g/mol. The molecule has 0 aliphatic rings. The van der Waals surface area contributed by atoms with Crippen molar-refractivity contribution in [3.8, 4) is 0 Å². The molecule has 0 atom stereocenters. The lowest BCUT2D eigenvalue weighted by atomic mass is 10.6. The third-order valence-electron chi connectivity index (χ3n) is 0.626. The smallest absolute Gasteiger partial charge is 0.0247 e. The van der Waals surface area contributed by atoms with Crippen molar-refractivity contribution in [2.24, 2.45) is 0 Å². The van der Waals surface area contributed by atoms with Gasteiger partial charge in [-0.1, -0.05) is 12.6 Å². The minimum Gasteiger partial charge on any atom is -0.127 e. The lowest BCUT2D eigenvalue weighted by molar-refractivity contribution is 1.08. The Morgan fingerprint density at radius 1 is 1.67 bits per heavy atom. The quantitative estimate of drug-likeness (QED) is 0.302. The van der Waals surface area contributed by atoms with Crippen LogP contribution in [-0.4, -0.2) is 15.4 Å². The van der Waals surface area contributed by atoms with Crippen LogP contribution >= 0.6 is 11.6 Å². The molecule has 0 aliphatic carbocycles. The first kappa shape index (κ1) is 6.51. The fourth-order valence-corrected chi connectivity index (χ4v) is 1.31. The molecule has 2 heteroatoms. The minimum absolute atomic E-state index is 0.699. The van der Waals surface area contributed by atoms with Crippen molar-refractivity contribution >= 4 is 21.1 Å². The topological polar surface area (TPSA) is 0 Å². The molecule has 0 aromatic rings. The maximum Gasteiger partial charge on any atom is 0.0247 e. The maximum atomic E-state index is 5.39. The molecule has 1 radical (unpaired) electrons. The molecule has 0 aromatic carbocycles. The van der Waals surface area contributed by atoms with Gasteiger partial charge in [-0.3, -0.25) is 0 Å². The molecule has 0 heterocycles. The van der Waals surface area contributed by atoms with Gasteiger partial charge in [0.1, 0.15) is 0 Å². The summed E-state index contributed by atoms with van der Waals surface area (Å²) in [7, 11) is 0.699. The molecule has 37 valence electrons. The molecule has 0 nitrogen and oxygen atoms in total. The van der Waals surface area contributed by atoms with Crippen LogP contribution in [0.25, 0.3) is 0 Å². The van der Waals surface area contributed by atoms with Crippen molar-refractivity contribution in [3.05, 3.63) is 0 Å². The van der Waals surface area contributed by atoms with Crippen LogP contribution in [0.5, 0.6) is 0 Å². The first-order valence-electron chi connectivity index (χ1n) is 2.25. The maximum absolute atomic E-state index is 5.39. The molecule has 0 fully saturated rings. The number of rotatable bonds is 3. The molecule has 6 heavy (non-hydrogen) atoms. The van der Waals surface area contributed by atoms with Crippen LogP contribution in [0.15, 0.2) is 0 Å². The predicted molar refractivity (Wildman–Crippen MR) is 33.2 cm³/mol. The Labute approximate surface area is 46.7 Å². The highest BCUT2D eigenvalue weighted by Crippen LogP contribution is 1.89. The molecular formula is C4H10ClSi. The Morgan fingerprint density at radius 3 is 2.50 bits per heavy atom. The van der Waals surface area contributed by atoms with E-state index in [0.717, 1.165) is 5.88 Å². The molecule has 0 rings (SSSR count). The number of hydrogen-bond donors (Lipinski definition) is 0. The van der Waals surface area contributed by atoms with Gasteiger partial charge < -0.3 is 0 Å². The van der Waals surface area contributed by atoms with Crippen molar-refractivity contribution in [3.63, 3.8) is 0 Å². The standard InChI is InChI=1S/C4H10ClSi/c1-6-4-2-3-5/h6H,2-4H2,1H3. The van der Waals surface area contributed by atoms with E-state index >= 15 is 0 Å². The number of alkyl halides is 1. The summed E-state index contributed by atoms with van der Waals surface area (Å²) in [5.41, 5.74) is 0. The van der Waals surface area contributed by atoms with Gasteiger partial charge in [0.15, 0.2) is 0 Å². The Morgan fingerprint density at radius 2 is 2.33 bits per heavy atom.